The standard InChI is InChI=1S/C19H28N4O2/c1-12-17(13-8-9-13)21-22-18(12)20-19(25)14-10-16(24)23(11-14)15-6-4-2-3-5-7-15/h13-15H,2-11H2,1H3,(H2,20,21,22,25)/t14-/m0/s1. The first kappa shape index (κ1) is 16.6. The quantitative estimate of drug-likeness (QED) is 0.824. The van der Waals surface area contributed by atoms with Gasteiger partial charge in [-0.1, -0.05) is 25.7 Å². The van der Waals surface area contributed by atoms with E-state index in [-0.39, 0.29) is 17.7 Å². The van der Waals surface area contributed by atoms with Crippen molar-refractivity contribution >= 4 is 17.6 Å². The number of amides is 2. The Hall–Kier alpha value is -1.85. The molecule has 6 heteroatoms. The van der Waals surface area contributed by atoms with E-state index in [1.165, 1.54) is 38.5 Å². The van der Waals surface area contributed by atoms with Gasteiger partial charge in [-0.25, -0.2) is 0 Å². The summed E-state index contributed by atoms with van der Waals surface area (Å²) in [5.41, 5.74) is 2.19. The summed E-state index contributed by atoms with van der Waals surface area (Å²) in [6.07, 6.45) is 9.83. The summed E-state index contributed by atoms with van der Waals surface area (Å²) >= 11 is 0. The van der Waals surface area contributed by atoms with Crippen molar-refractivity contribution in [3.05, 3.63) is 11.3 Å². The third-order valence-electron chi connectivity index (χ3n) is 6.07. The average Bonchev–Trinajstić information content (AvgIpc) is 3.34. The number of nitrogens with one attached hydrogen (secondary N) is 2. The van der Waals surface area contributed by atoms with Crippen molar-refractivity contribution < 1.29 is 9.59 Å². The van der Waals surface area contributed by atoms with Crippen molar-refractivity contribution in [3.63, 3.8) is 0 Å². The second-order valence-electron chi connectivity index (χ2n) is 7.97. The molecule has 4 rings (SSSR count). The molecule has 0 radical (unpaired) electrons. The third kappa shape index (κ3) is 3.44. The number of anilines is 1. The van der Waals surface area contributed by atoms with Gasteiger partial charge in [-0.2, -0.15) is 5.10 Å². The molecule has 2 N–H and O–H groups in total. The number of carbonyl (C=O) groups is 2. The highest BCUT2D eigenvalue weighted by Crippen LogP contribution is 2.41. The molecule has 2 aliphatic carbocycles. The Morgan fingerprint density at radius 3 is 2.56 bits per heavy atom. The maximum atomic E-state index is 12.7. The van der Waals surface area contributed by atoms with Crippen LogP contribution in [-0.2, 0) is 9.59 Å². The molecule has 0 aromatic carbocycles. The van der Waals surface area contributed by atoms with Gasteiger partial charge in [0.1, 0.15) is 0 Å². The van der Waals surface area contributed by atoms with Crippen LogP contribution in [-0.4, -0.2) is 39.5 Å². The topological polar surface area (TPSA) is 78.1 Å². The zero-order valence-corrected chi connectivity index (χ0v) is 15.0. The van der Waals surface area contributed by atoms with Gasteiger partial charge in [0.2, 0.25) is 11.8 Å². The fraction of sp³-hybridized carbons (Fsp3) is 0.737. The first-order chi connectivity index (χ1) is 12.1. The second kappa shape index (κ2) is 6.81. The van der Waals surface area contributed by atoms with Gasteiger partial charge < -0.3 is 10.2 Å². The molecule has 6 nitrogen and oxygen atoms in total. The summed E-state index contributed by atoms with van der Waals surface area (Å²) in [6, 6.07) is 0.335. The number of H-pyrrole nitrogens is 1. The minimum absolute atomic E-state index is 0.0681. The van der Waals surface area contributed by atoms with Crippen LogP contribution in [0.1, 0.15) is 75.0 Å². The number of aromatic nitrogens is 2. The lowest BCUT2D eigenvalue weighted by Gasteiger charge is -2.27. The molecular formula is C19H28N4O2. The maximum absolute atomic E-state index is 12.7. The van der Waals surface area contributed by atoms with E-state index >= 15 is 0 Å². The Kier molecular flexibility index (Phi) is 4.52. The fourth-order valence-electron chi connectivity index (χ4n) is 4.35. The summed E-state index contributed by atoms with van der Waals surface area (Å²) in [5, 5.41) is 10.3. The minimum Gasteiger partial charge on any atom is -0.339 e. The molecule has 2 heterocycles. The number of likely N-dealkylation sites (tertiary alicyclic amines) is 1. The molecule has 0 unspecified atom stereocenters. The van der Waals surface area contributed by atoms with Crippen LogP contribution in [0.25, 0.3) is 0 Å². The first-order valence-electron chi connectivity index (χ1n) is 9.78. The van der Waals surface area contributed by atoms with E-state index in [4.69, 9.17) is 0 Å². The van der Waals surface area contributed by atoms with Crippen molar-refractivity contribution in [1.29, 1.82) is 0 Å². The van der Waals surface area contributed by atoms with E-state index in [1.54, 1.807) is 0 Å². The van der Waals surface area contributed by atoms with Crippen LogP contribution < -0.4 is 5.32 Å². The van der Waals surface area contributed by atoms with Gasteiger partial charge in [-0.15, -0.1) is 0 Å². The Bertz CT molecular complexity index is 656. The number of aromatic amines is 1. The maximum Gasteiger partial charge on any atom is 0.231 e. The van der Waals surface area contributed by atoms with Crippen LogP contribution >= 0.6 is 0 Å². The Morgan fingerprint density at radius 1 is 1.16 bits per heavy atom. The van der Waals surface area contributed by atoms with Crippen molar-refractivity contribution in [2.75, 3.05) is 11.9 Å². The fourth-order valence-corrected chi connectivity index (χ4v) is 4.35. The smallest absolute Gasteiger partial charge is 0.231 e. The van der Waals surface area contributed by atoms with Crippen LogP contribution in [0.5, 0.6) is 0 Å². The highest BCUT2D eigenvalue weighted by Gasteiger charge is 2.38. The van der Waals surface area contributed by atoms with Crippen molar-refractivity contribution in [3.8, 4) is 0 Å². The Balaban J connectivity index is 1.38. The molecule has 1 aliphatic heterocycles. The Labute approximate surface area is 148 Å². The predicted octanol–water partition coefficient (Wildman–Crippen LogP) is 3.11. The average molecular weight is 344 g/mol. The highest BCUT2D eigenvalue weighted by atomic mass is 16.2. The third-order valence-corrected chi connectivity index (χ3v) is 6.07. The molecule has 1 aromatic heterocycles. The zero-order chi connectivity index (χ0) is 17.4. The normalized spacial score (nSPS) is 25.2. The zero-order valence-electron chi connectivity index (χ0n) is 15.0. The SMILES string of the molecule is Cc1c(NC(=O)[C@H]2CC(=O)N(C3CCCCCC3)C2)n[nH]c1C1CC1. The molecule has 1 aromatic rings. The van der Waals surface area contributed by atoms with E-state index in [9.17, 15) is 9.59 Å². The molecule has 3 aliphatic rings. The molecular weight excluding hydrogens is 316 g/mol. The summed E-state index contributed by atoms with van der Waals surface area (Å²) in [4.78, 5) is 27.1. The van der Waals surface area contributed by atoms with E-state index in [1.807, 2.05) is 11.8 Å². The molecule has 0 spiro atoms. The van der Waals surface area contributed by atoms with Crippen LogP contribution in [0, 0.1) is 12.8 Å². The lowest BCUT2D eigenvalue weighted by Crippen LogP contribution is -2.37. The van der Waals surface area contributed by atoms with Gasteiger partial charge in [0, 0.05) is 36.2 Å². The van der Waals surface area contributed by atoms with E-state index in [0.717, 1.165) is 24.1 Å². The number of rotatable bonds is 4. The highest BCUT2D eigenvalue weighted by molar-refractivity contribution is 5.97. The largest absolute Gasteiger partial charge is 0.339 e. The molecule has 136 valence electrons. The molecule has 0 bridgehead atoms. The monoisotopic (exact) mass is 344 g/mol. The molecule has 1 atom stereocenters. The summed E-state index contributed by atoms with van der Waals surface area (Å²) in [7, 11) is 0. The number of hydrogen-bond acceptors (Lipinski definition) is 3. The van der Waals surface area contributed by atoms with Gasteiger partial charge in [0.15, 0.2) is 5.82 Å². The van der Waals surface area contributed by atoms with Gasteiger partial charge in [-0.05, 0) is 32.6 Å². The molecule has 3 fully saturated rings. The van der Waals surface area contributed by atoms with Crippen molar-refractivity contribution in [2.24, 2.45) is 5.92 Å². The van der Waals surface area contributed by atoms with Gasteiger partial charge in [0.05, 0.1) is 5.92 Å². The van der Waals surface area contributed by atoms with Crippen LogP contribution in [0.15, 0.2) is 0 Å². The van der Waals surface area contributed by atoms with Gasteiger partial charge in [-0.3, -0.25) is 14.7 Å². The van der Waals surface area contributed by atoms with Gasteiger partial charge >= 0.3 is 0 Å². The first-order valence-corrected chi connectivity index (χ1v) is 9.78. The second-order valence-corrected chi connectivity index (χ2v) is 7.97. The number of hydrogen-bond donors (Lipinski definition) is 2. The van der Waals surface area contributed by atoms with Crippen molar-refractivity contribution in [1.82, 2.24) is 15.1 Å². The van der Waals surface area contributed by atoms with E-state index in [0.29, 0.717) is 30.7 Å². The van der Waals surface area contributed by atoms with Gasteiger partial charge in [0.25, 0.3) is 0 Å². The summed E-state index contributed by atoms with van der Waals surface area (Å²) in [6.45, 7) is 2.57. The van der Waals surface area contributed by atoms with Crippen LogP contribution in [0.3, 0.4) is 0 Å². The number of carbonyl (C=O) groups excluding carboxylic acids is 2. The number of nitrogens with zero attached hydrogens (tertiary/aromatic N) is 2. The van der Waals surface area contributed by atoms with E-state index < -0.39 is 0 Å². The van der Waals surface area contributed by atoms with Crippen LogP contribution in [0.4, 0.5) is 5.82 Å². The van der Waals surface area contributed by atoms with Crippen LogP contribution in [0.2, 0.25) is 0 Å². The lowest BCUT2D eigenvalue weighted by atomic mass is 10.1. The molecule has 25 heavy (non-hydrogen) atoms. The molecule has 2 saturated carbocycles. The predicted molar refractivity (Wildman–Crippen MR) is 95.2 cm³/mol. The molecule has 1 saturated heterocycles. The lowest BCUT2D eigenvalue weighted by molar-refractivity contribution is -0.130. The summed E-state index contributed by atoms with van der Waals surface area (Å²) < 4.78 is 0. The van der Waals surface area contributed by atoms with E-state index in [2.05, 4.69) is 15.5 Å². The molecule has 2 amide bonds. The minimum atomic E-state index is -0.253. The summed E-state index contributed by atoms with van der Waals surface area (Å²) in [5.74, 6) is 1.03. The Morgan fingerprint density at radius 2 is 1.88 bits per heavy atom. The van der Waals surface area contributed by atoms with Crippen molar-refractivity contribution in [2.45, 2.75) is 76.7 Å².